The third-order valence-electron chi connectivity index (χ3n) is 2.61. The zero-order chi connectivity index (χ0) is 11.0. The van der Waals surface area contributed by atoms with E-state index in [4.69, 9.17) is 5.73 Å². The van der Waals surface area contributed by atoms with Crippen LogP contribution < -0.4 is 10.6 Å². The molecule has 2 aromatic heterocycles. The first kappa shape index (κ1) is 9.98. The number of rotatable bonds is 2. The lowest BCUT2D eigenvalue weighted by molar-refractivity contribution is 0.939. The zero-order valence-electron chi connectivity index (χ0n) is 9.36. The first-order valence-corrected chi connectivity index (χ1v) is 4.98. The van der Waals surface area contributed by atoms with Crippen molar-refractivity contribution in [2.45, 2.75) is 13.5 Å². The normalized spacial score (nSPS) is 10.9. The van der Waals surface area contributed by atoms with Crippen molar-refractivity contribution in [1.29, 1.82) is 0 Å². The average molecular weight is 204 g/mol. The Morgan fingerprint density at radius 1 is 1.40 bits per heavy atom. The molecule has 0 aliphatic carbocycles. The number of aryl methyl sites for hydroxylation is 1. The highest BCUT2D eigenvalue weighted by atomic mass is 15.1. The van der Waals surface area contributed by atoms with Gasteiger partial charge in [-0.15, -0.1) is 0 Å². The van der Waals surface area contributed by atoms with Crippen LogP contribution in [0.15, 0.2) is 18.3 Å². The summed E-state index contributed by atoms with van der Waals surface area (Å²) in [7, 11) is 4.04. The SMILES string of the molecule is Cc1nc2ccc(N(C)C)cn2c1CN. The number of anilines is 1. The van der Waals surface area contributed by atoms with Crippen LogP contribution in [0.1, 0.15) is 11.4 Å². The smallest absolute Gasteiger partial charge is 0.137 e. The van der Waals surface area contributed by atoms with Crippen LogP contribution in [0.25, 0.3) is 5.65 Å². The number of nitrogens with zero attached hydrogens (tertiary/aromatic N) is 3. The first-order chi connectivity index (χ1) is 7.13. The maximum Gasteiger partial charge on any atom is 0.137 e. The fraction of sp³-hybridized carbons (Fsp3) is 0.364. The molecular formula is C11H16N4. The molecule has 0 aliphatic rings. The van der Waals surface area contributed by atoms with Crippen molar-refractivity contribution >= 4 is 11.3 Å². The van der Waals surface area contributed by atoms with Crippen LogP contribution >= 0.6 is 0 Å². The molecule has 2 N–H and O–H groups in total. The Balaban J connectivity index is 2.68. The molecule has 0 fully saturated rings. The summed E-state index contributed by atoms with van der Waals surface area (Å²) in [4.78, 5) is 6.51. The van der Waals surface area contributed by atoms with Crippen molar-refractivity contribution < 1.29 is 0 Å². The van der Waals surface area contributed by atoms with Crippen molar-refractivity contribution in [1.82, 2.24) is 9.38 Å². The van der Waals surface area contributed by atoms with Gasteiger partial charge in [0.1, 0.15) is 5.65 Å². The molecule has 4 heteroatoms. The molecule has 80 valence electrons. The van der Waals surface area contributed by atoms with Gasteiger partial charge in [0, 0.05) is 26.8 Å². The van der Waals surface area contributed by atoms with Gasteiger partial charge < -0.3 is 15.0 Å². The van der Waals surface area contributed by atoms with Crippen LogP contribution in [0, 0.1) is 6.92 Å². The van der Waals surface area contributed by atoms with Gasteiger partial charge in [0.25, 0.3) is 0 Å². The van der Waals surface area contributed by atoms with Gasteiger partial charge in [-0.25, -0.2) is 4.98 Å². The summed E-state index contributed by atoms with van der Waals surface area (Å²) >= 11 is 0. The molecule has 2 rings (SSSR count). The van der Waals surface area contributed by atoms with Crippen molar-refractivity contribution in [3.05, 3.63) is 29.7 Å². The largest absolute Gasteiger partial charge is 0.376 e. The summed E-state index contributed by atoms with van der Waals surface area (Å²) in [5.74, 6) is 0. The average Bonchev–Trinajstić information content (AvgIpc) is 2.51. The van der Waals surface area contributed by atoms with Crippen molar-refractivity contribution in [3.8, 4) is 0 Å². The Morgan fingerprint density at radius 2 is 2.13 bits per heavy atom. The van der Waals surface area contributed by atoms with Crippen LogP contribution in [-0.2, 0) is 6.54 Å². The second-order valence-corrected chi connectivity index (χ2v) is 3.86. The maximum absolute atomic E-state index is 5.71. The fourth-order valence-electron chi connectivity index (χ4n) is 1.71. The predicted octanol–water partition coefficient (Wildman–Crippen LogP) is 1.17. The minimum Gasteiger partial charge on any atom is -0.376 e. The third kappa shape index (κ3) is 1.57. The Labute approximate surface area is 89.3 Å². The lowest BCUT2D eigenvalue weighted by Gasteiger charge is -2.12. The van der Waals surface area contributed by atoms with Crippen LogP contribution in [0.4, 0.5) is 5.69 Å². The fourth-order valence-corrected chi connectivity index (χ4v) is 1.71. The van der Waals surface area contributed by atoms with Gasteiger partial charge in [0.2, 0.25) is 0 Å². The Hall–Kier alpha value is -1.55. The molecule has 0 saturated carbocycles. The standard InChI is InChI=1S/C11H16N4/c1-8-10(6-12)15-7-9(14(2)3)4-5-11(15)13-8/h4-5,7H,6,12H2,1-3H3. The Kier molecular flexibility index (Phi) is 2.36. The second-order valence-electron chi connectivity index (χ2n) is 3.86. The van der Waals surface area contributed by atoms with Gasteiger partial charge in [-0.3, -0.25) is 0 Å². The van der Waals surface area contributed by atoms with E-state index in [2.05, 4.69) is 26.5 Å². The Morgan fingerprint density at radius 3 is 2.73 bits per heavy atom. The number of hydrogen-bond acceptors (Lipinski definition) is 3. The monoisotopic (exact) mass is 204 g/mol. The van der Waals surface area contributed by atoms with E-state index in [-0.39, 0.29) is 0 Å². The lowest BCUT2D eigenvalue weighted by Crippen LogP contribution is -2.10. The van der Waals surface area contributed by atoms with Crippen LogP contribution in [0.5, 0.6) is 0 Å². The minimum absolute atomic E-state index is 0.518. The molecule has 0 spiro atoms. The van der Waals surface area contributed by atoms with Gasteiger partial charge in [-0.05, 0) is 19.1 Å². The molecule has 2 heterocycles. The van der Waals surface area contributed by atoms with E-state index in [1.54, 1.807) is 0 Å². The quantitative estimate of drug-likeness (QED) is 0.798. The van der Waals surface area contributed by atoms with Gasteiger partial charge in [-0.2, -0.15) is 0 Å². The van der Waals surface area contributed by atoms with E-state index in [1.807, 2.05) is 27.1 Å². The first-order valence-electron chi connectivity index (χ1n) is 4.98. The molecular weight excluding hydrogens is 188 g/mol. The summed E-state index contributed by atoms with van der Waals surface area (Å²) in [5, 5.41) is 0. The van der Waals surface area contributed by atoms with Gasteiger partial charge in [-0.1, -0.05) is 0 Å². The van der Waals surface area contributed by atoms with Gasteiger partial charge >= 0.3 is 0 Å². The second kappa shape index (κ2) is 3.55. The van der Waals surface area contributed by atoms with Crippen LogP contribution in [-0.4, -0.2) is 23.5 Å². The van der Waals surface area contributed by atoms with E-state index in [0.29, 0.717) is 6.54 Å². The van der Waals surface area contributed by atoms with Gasteiger partial charge in [0.15, 0.2) is 0 Å². The number of aromatic nitrogens is 2. The summed E-state index contributed by atoms with van der Waals surface area (Å²) in [6.45, 7) is 2.51. The highest BCUT2D eigenvalue weighted by Gasteiger charge is 2.07. The van der Waals surface area contributed by atoms with E-state index in [1.165, 1.54) is 0 Å². The zero-order valence-corrected chi connectivity index (χ0v) is 9.36. The lowest BCUT2D eigenvalue weighted by atomic mass is 10.3. The van der Waals surface area contributed by atoms with Crippen molar-refractivity contribution in [2.24, 2.45) is 5.73 Å². The predicted molar refractivity (Wildman–Crippen MR) is 62.1 cm³/mol. The highest BCUT2D eigenvalue weighted by molar-refractivity contribution is 5.53. The third-order valence-corrected chi connectivity index (χ3v) is 2.61. The molecule has 0 radical (unpaired) electrons. The summed E-state index contributed by atoms with van der Waals surface area (Å²) in [6.07, 6.45) is 2.07. The molecule has 15 heavy (non-hydrogen) atoms. The van der Waals surface area contributed by atoms with E-state index in [0.717, 1.165) is 22.7 Å². The van der Waals surface area contributed by atoms with Gasteiger partial charge in [0.05, 0.1) is 17.1 Å². The molecule has 0 bridgehead atoms. The topological polar surface area (TPSA) is 46.6 Å². The molecule has 0 aromatic carbocycles. The van der Waals surface area contributed by atoms with Crippen molar-refractivity contribution in [3.63, 3.8) is 0 Å². The molecule has 0 saturated heterocycles. The summed E-state index contributed by atoms with van der Waals surface area (Å²) < 4.78 is 2.06. The number of hydrogen-bond donors (Lipinski definition) is 1. The van der Waals surface area contributed by atoms with Crippen LogP contribution in [0.3, 0.4) is 0 Å². The number of fused-ring (bicyclic) bond motifs is 1. The number of imidazole rings is 1. The molecule has 2 aromatic rings. The summed E-state index contributed by atoms with van der Waals surface area (Å²) in [6, 6.07) is 4.07. The van der Waals surface area contributed by atoms with Crippen LogP contribution in [0.2, 0.25) is 0 Å². The molecule has 0 atom stereocenters. The summed E-state index contributed by atoms with van der Waals surface area (Å²) in [5.41, 5.74) is 9.90. The van der Waals surface area contributed by atoms with E-state index in [9.17, 15) is 0 Å². The highest BCUT2D eigenvalue weighted by Crippen LogP contribution is 2.17. The Bertz CT molecular complexity index is 485. The maximum atomic E-state index is 5.71. The molecule has 4 nitrogen and oxygen atoms in total. The molecule has 0 unspecified atom stereocenters. The number of pyridine rings is 1. The van der Waals surface area contributed by atoms with Crippen molar-refractivity contribution in [2.75, 3.05) is 19.0 Å². The molecule has 0 aliphatic heterocycles. The molecule has 0 amide bonds. The van der Waals surface area contributed by atoms with E-state index < -0.39 is 0 Å². The van der Waals surface area contributed by atoms with E-state index >= 15 is 0 Å². The number of nitrogens with two attached hydrogens (primary N) is 1. The minimum atomic E-state index is 0.518.